The lowest BCUT2D eigenvalue weighted by atomic mass is 9.92. The lowest BCUT2D eigenvalue weighted by Crippen LogP contribution is -2.36. The molecule has 1 fully saturated rings. The highest BCUT2D eigenvalue weighted by Gasteiger charge is 2.20. The van der Waals surface area contributed by atoms with Gasteiger partial charge in [0.05, 0.1) is 18.1 Å². The van der Waals surface area contributed by atoms with Crippen molar-refractivity contribution in [2.75, 3.05) is 20.6 Å². The SMILES string of the molecule is C=CCN(C)C1CCC1.CNC(C)C(F)=C(C)C.NC(=O)c1nn(CC=O)c2ccccc12. The zero-order chi connectivity index (χ0) is 25.0. The molecule has 1 amide bonds. The van der Waals surface area contributed by atoms with Crippen LogP contribution in [0.25, 0.3) is 10.9 Å². The van der Waals surface area contributed by atoms with E-state index in [9.17, 15) is 14.0 Å². The summed E-state index contributed by atoms with van der Waals surface area (Å²) in [5, 5.41) is 7.48. The molecule has 1 aliphatic carbocycles. The summed E-state index contributed by atoms with van der Waals surface area (Å²) in [6.45, 7) is 10.2. The number of nitrogens with zero attached hydrogens (tertiary/aromatic N) is 3. The fourth-order valence-electron chi connectivity index (χ4n) is 3.26. The Labute approximate surface area is 196 Å². The van der Waals surface area contributed by atoms with E-state index in [2.05, 4.69) is 28.9 Å². The Bertz CT molecular complexity index is 945. The van der Waals surface area contributed by atoms with Crippen LogP contribution in [-0.2, 0) is 11.3 Å². The summed E-state index contributed by atoms with van der Waals surface area (Å²) in [5.41, 5.74) is 6.87. The van der Waals surface area contributed by atoms with Gasteiger partial charge in [0.15, 0.2) is 5.69 Å². The molecule has 8 heteroatoms. The van der Waals surface area contributed by atoms with Crippen molar-refractivity contribution in [1.82, 2.24) is 20.0 Å². The van der Waals surface area contributed by atoms with E-state index in [0.717, 1.165) is 30.0 Å². The third-order valence-corrected chi connectivity index (χ3v) is 5.54. The third-order valence-electron chi connectivity index (χ3n) is 5.54. The van der Waals surface area contributed by atoms with E-state index in [1.807, 2.05) is 12.1 Å². The van der Waals surface area contributed by atoms with E-state index in [0.29, 0.717) is 5.39 Å². The van der Waals surface area contributed by atoms with E-state index in [1.54, 1.807) is 46.0 Å². The van der Waals surface area contributed by atoms with Gasteiger partial charge in [-0.3, -0.25) is 14.4 Å². The number of allylic oxidation sites excluding steroid dienone is 1. The second-order valence-corrected chi connectivity index (χ2v) is 8.25. The maximum atomic E-state index is 12.7. The largest absolute Gasteiger partial charge is 0.364 e. The Hall–Kier alpha value is -2.84. The highest BCUT2D eigenvalue weighted by molar-refractivity contribution is 6.04. The van der Waals surface area contributed by atoms with Crippen LogP contribution in [0.1, 0.15) is 50.5 Å². The van der Waals surface area contributed by atoms with Crippen molar-refractivity contribution >= 4 is 23.1 Å². The second kappa shape index (κ2) is 14.3. The molecule has 182 valence electrons. The van der Waals surface area contributed by atoms with Gasteiger partial charge in [-0.1, -0.05) is 30.7 Å². The van der Waals surface area contributed by atoms with E-state index in [4.69, 9.17) is 5.73 Å². The molecule has 7 nitrogen and oxygen atoms in total. The number of aromatic nitrogens is 2. The molecule has 1 unspecified atom stereocenters. The average molecular weight is 460 g/mol. The van der Waals surface area contributed by atoms with Gasteiger partial charge in [0.25, 0.3) is 5.91 Å². The molecule has 2 aromatic rings. The normalized spacial score (nSPS) is 13.7. The van der Waals surface area contributed by atoms with Crippen molar-refractivity contribution in [2.24, 2.45) is 5.73 Å². The molecule has 0 radical (unpaired) electrons. The minimum absolute atomic E-state index is 0.0579. The van der Waals surface area contributed by atoms with Crippen LogP contribution in [0.3, 0.4) is 0 Å². The van der Waals surface area contributed by atoms with Gasteiger partial charge in [0, 0.05) is 18.0 Å². The number of aldehydes is 1. The molecule has 0 saturated heterocycles. The smallest absolute Gasteiger partial charge is 0.269 e. The quantitative estimate of drug-likeness (QED) is 0.462. The predicted octanol–water partition coefficient (Wildman–Crippen LogP) is 3.85. The lowest BCUT2D eigenvalue weighted by Gasteiger charge is -2.33. The fourth-order valence-corrected chi connectivity index (χ4v) is 3.26. The second-order valence-electron chi connectivity index (χ2n) is 8.25. The summed E-state index contributed by atoms with van der Waals surface area (Å²) in [7, 11) is 3.92. The van der Waals surface area contributed by atoms with E-state index in [-0.39, 0.29) is 24.1 Å². The Kier molecular flexibility index (Phi) is 12.2. The summed E-state index contributed by atoms with van der Waals surface area (Å²) < 4.78 is 14.2. The molecule has 33 heavy (non-hydrogen) atoms. The van der Waals surface area contributed by atoms with Gasteiger partial charge in [0.1, 0.15) is 12.1 Å². The van der Waals surface area contributed by atoms with Crippen molar-refractivity contribution in [2.45, 2.75) is 58.7 Å². The molecule has 1 aromatic carbocycles. The number of likely N-dealkylation sites (N-methyl/N-ethyl adjacent to an activating group) is 2. The monoisotopic (exact) mass is 459 g/mol. The van der Waals surface area contributed by atoms with Crippen molar-refractivity contribution in [1.29, 1.82) is 0 Å². The number of nitrogens with two attached hydrogens (primary N) is 1. The highest BCUT2D eigenvalue weighted by atomic mass is 19.1. The number of amides is 1. The number of carbonyl (C=O) groups excluding carboxylic acids is 2. The van der Waals surface area contributed by atoms with E-state index >= 15 is 0 Å². The van der Waals surface area contributed by atoms with Crippen LogP contribution in [0.15, 0.2) is 48.3 Å². The van der Waals surface area contributed by atoms with Crippen molar-refractivity contribution in [3.8, 4) is 0 Å². The number of hydrogen-bond acceptors (Lipinski definition) is 5. The molecule has 3 rings (SSSR count). The zero-order valence-electron chi connectivity index (χ0n) is 20.5. The Morgan fingerprint density at radius 1 is 1.39 bits per heavy atom. The number of hydrogen-bond donors (Lipinski definition) is 2. The summed E-state index contributed by atoms with van der Waals surface area (Å²) >= 11 is 0. The van der Waals surface area contributed by atoms with Crippen LogP contribution < -0.4 is 11.1 Å². The molecule has 0 spiro atoms. The fraction of sp³-hybridized carbons (Fsp3) is 0.480. The van der Waals surface area contributed by atoms with Crippen LogP contribution in [0, 0.1) is 0 Å². The molecule has 1 aromatic heterocycles. The topological polar surface area (TPSA) is 93.2 Å². The minimum atomic E-state index is -0.587. The van der Waals surface area contributed by atoms with Gasteiger partial charge in [0.2, 0.25) is 0 Å². The number of nitrogens with one attached hydrogen (secondary N) is 1. The molecule has 0 aliphatic heterocycles. The maximum Gasteiger partial charge on any atom is 0.269 e. The number of para-hydroxylation sites is 1. The molecular formula is C25H38FN5O2. The van der Waals surface area contributed by atoms with Gasteiger partial charge in [-0.15, -0.1) is 6.58 Å². The molecule has 1 heterocycles. The molecule has 1 saturated carbocycles. The van der Waals surface area contributed by atoms with Crippen molar-refractivity contribution < 1.29 is 14.0 Å². The summed E-state index contributed by atoms with van der Waals surface area (Å²) in [6.07, 6.45) is 6.91. The Morgan fingerprint density at radius 2 is 2.03 bits per heavy atom. The zero-order valence-corrected chi connectivity index (χ0v) is 20.5. The first-order chi connectivity index (χ1) is 15.7. The minimum Gasteiger partial charge on any atom is -0.364 e. The van der Waals surface area contributed by atoms with Gasteiger partial charge in [-0.2, -0.15) is 5.10 Å². The molecule has 1 aliphatic rings. The van der Waals surface area contributed by atoms with E-state index in [1.165, 1.54) is 23.9 Å². The van der Waals surface area contributed by atoms with Crippen LogP contribution in [-0.4, -0.2) is 59.6 Å². The van der Waals surface area contributed by atoms with Crippen LogP contribution in [0.2, 0.25) is 0 Å². The van der Waals surface area contributed by atoms with Gasteiger partial charge in [-0.25, -0.2) is 4.39 Å². The Morgan fingerprint density at radius 3 is 2.45 bits per heavy atom. The summed E-state index contributed by atoms with van der Waals surface area (Å²) in [6, 6.07) is 7.87. The number of carbonyl (C=O) groups is 2. The lowest BCUT2D eigenvalue weighted by molar-refractivity contribution is -0.108. The first kappa shape index (κ1) is 28.2. The van der Waals surface area contributed by atoms with Crippen LogP contribution in [0.4, 0.5) is 4.39 Å². The Balaban J connectivity index is 0.000000264. The maximum absolute atomic E-state index is 12.7. The molecule has 0 bridgehead atoms. The number of primary amides is 1. The van der Waals surface area contributed by atoms with E-state index < -0.39 is 5.91 Å². The highest BCUT2D eigenvalue weighted by Crippen LogP contribution is 2.23. The van der Waals surface area contributed by atoms with Gasteiger partial charge >= 0.3 is 0 Å². The van der Waals surface area contributed by atoms with Crippen LogP contribution in [0.5, 0.6) is 0 Å². The third kappa shape index (κ3) is 8.55. The number of benzene rings is 1. The molecule has 1 atom stereocenters. The first-order valence-electron chi connectivity index (χ1n) is 11.2. The van der Waals surface area contributed by atoms with Crippen LogP contribution >= 0.6 is 0 Å². The van der Waals surface area contributed by atoms with Crippen molar-refractivity contribution in [3.63, 3.8) is 0 Å². The first-order valence-corrected chi connectivity index (χ1v) is 11.2. The number of halogens is 1. The summed E-state index contributed by atoms with van der Waals surface area (Å²) in [4.78, 5) is 23.9. The standard InChI is InChI=1S/C10H9N3O2.C8H15N.C7H14FN/c11-10(15)9-7-3-1-2-4-8(7)13(12-9)5-6-14;1-3-7-9(2)8-5-4-6-8;1-5(2)7(8)6(3)9-4/h1-4,6H,5H2,(H2,11,15);3,8H,1,4-7H2,2H3;6,9H,1-4H3. The molecular weight excluding hydrogens is 421 g/mol. The summed E-state index contributed by atoms with van der Waals surface area (Å²) in [5.74, 6) is -0.645. The van der Waals surface area contributed by atoms with Gasteiger partial charge in [-0.05, 0) is 59.3 Å². The number of fused-ring (bicyclic) bond motifs is 1. The van der Waals surface area contributed by atoms with Crippen molar-refractivity contribution in [3.05, 3.63) is 54.0 Å². The molecule has 3 N–H and O–H groups in total. The number of rotatable bonds is 8. The predicted molar refractivity (Wildman–Crippen MR) is 133 cm³/mol. The van der Waals surface area contributed by atoms with Gasteiger partial charge < -0.3 is 15.8 Å². The average Bonchev–Trinajstić information content (AvgIpc) is 3.12.